The van der Waals surface area contributed by atoms with Crippen LogP contribution in [0.3, 0.4) is 0 Å². The molecule has 26 heavy (non-hydrogen) atoms. The average molecular weight is 378 g/mol. The molecule has 1 heterocycles. The van der Waals surface area contributed by atoms with Crippen molar-refractivity contribution in [1.29, 1.82) is 0 Å². The van der Waals surface area contributed by atoms with Crippen molar-refractivity contribution in [2.45, 2.75) is 17.7 Å². The number of nitrogens with two attached hydrogens (primary N) is 1. The number of halogens is 1. The Labute approximate surface area is 151 Å². The van der Waals surface area contributed by atoms with Crippen LogP contribution in [-0.2, 0) is 16.4 Å². The Morgan fingerprint density at radius 1 is 1.27 bits per heavy atom. The Balaban J connectivity index is 1.70. The molecular formula is C18H19FN2O4S. The van der Waals surface area contributed by atoms with Crippen LogP contribution in [0.5, 0.6) is 5.75 Å². The molecule has 3 N–H and O–H groups in total. The van der Waals surface area contributed by atoms with E-state index in [0.717, 1.165) is 42.4 Å². The first kappa shape index (κ1) is 18.3. The summed E-state index contributed by atoms with van der Waals surface area (Å²) in [5.41, 5.74) is 0.716. The predicted molar refractivity (Wildman–Crippen MR) is 93.9 cm³/mol. The van der Waals surface area contributed by atoms with Crippen LogP contribution in [-0.4, -0.2) is 27.5 Å². The summed E-state index contributed by atoms with van der Waals surface area (Å²) < 4.78 is 42.4. The summed E-state index contributed by atoms with van der Waals surface area (Å²) in [6.45, 7) is 0.863. The summed E-state index contributed by atoms with van der Waals surface area (Å²) in [6.07, 6.45) is 1.48. The summed E-state index contributed by atoms with van der Waals surface area (Å²) in [7, 11) is -4.01. The van der Waals surface area contributed by atoms with Gasteiger partial charge in [-0.2, -0.15) is 0 Å². The standard InChI is InChI=1S/C18H19FN2O4S/c19-16-6-5-14(26(20,23)24)10-15(16)18(22)21-11-12-7-8-25-17-4-2-1-3-13(17)9-12/h1-6,10,12H,7-9,11H2,(H,21,22)(H2,20,23,24)/t12-/m0/s1. The van der Waals surface area contributed by atoms with E-state index in [1.807, 2.05) is 24.3 Å². The second-order valence-electron chi connectivity index (χ2n) is 6.21. The topological polar surface area (TPSA) is 98.5 Å². The maximum Gasteiger partial charge on any atom is 0.254 e. The van der Waals surface area contributed by atoms with Gasteiger partial charge in [0.1, 0.15) is 11.6 Å². The largest absolute Gasteiger partial charge is 0.493 e. The fourth-order valence-corrected chi connectivity index (χ4v) is 3.46. The Bertz CT molecular complexity index is 931. The van der Waals surface area contributed by atoms with Gasteiger partial charge in [0, 0.05) is 6.54 Å². The minimum atomic E-state index is -4.01. The molecule has 1 aliphatic heterocycles. The van der Waals surface area contributed by atoms with E-state index in [-0.39, 0.29) is 16.4 Å². The van der Waals surface area contributed by atoms with Crippen LogP contribution >= 0.6 is 0 Å². The molecule has 0 spiro atoms. The summed E-state index contributed by atoms with van der Waals surface area (Å²) >= 11 is 0. The molecule has 0 fully saturated rings. The van der Waals surface area contributed by atoms with Gasteiger partial charge in [0.2, 0.25) is 10.0 Å². The Hall–Kier alpha value is -2.45. The van der Waals surface area contributed by atoms with E-state index >= 15 is 0 Å². The normalized spacial score (nSPS) is 16.9. The van der Waals surface area contributed by atoms with Gasteiger partial charge in [0.25, 0.3) is 5.91 Å². The highest BCUT2D eigenvalue weighted by Crippen LogP contribution is 2.26. The molecule has 2 aromatic carbocycles. The number of amides is 1. The maximum absolute atomic E-state index is 13.9. The lowest BCUT2D eigenvalue weighted by Crippen LogP contribution is -2.31. The zero-order valence-corrected chi connectivity index (χ0v) is 14.8. The van der Waals surface area contributed by atoms with Gasteiger partial charge < -0.3 is 10.1 Å². The number of rotatable bonds is 4. The molecule has 3 rings (SSSR count). The van der Waals surface area contributed by atoms with E-state index in [1.165, 1.54) is 0 Å². The fourth-order valence-electron chi connectivity index (χ4n) is 2.92. The molecule has 0 aromatic heterocycles. The molecule has 1 aliphatic rings. The van der Waals surface area contributed by atoms with Gasteiger partial charge in [0.15, 0.2) is 0 Å². The number of carbonyl (C=O) groups excluding carboxylic acids is 1. The smallest absolute Gasteiger partial charge is 0.254 e. The SMILES string of the molecule is NS(=O)(=O)c1ccc(F)c(C(=O)NC[C@H]2CCOc3ccccc3C2)c1. The number of sulfonamides is 1. The third kappa shape index (κ3) is 4.20. The van der Waals surface area contributed by atoms with Gasteiger partial charge >= 0.3 is 0 Å². The summed E-state index contributed by atoms with van der Waals surface area (Å²) in [4.78, 5) is 12.0. The van der Waals surface area contributed by atoms with E-state index < -0.39 is 21.7 Å². The number of nitrogens with one attached hydrogen (secondary N) is 1. The van der Waals surface area contributed by atoms with Crippen molar-refractivity contribution in [3.63, 3.8) is 0 Å². The lowest BCUT2D eigenvalue weighted by atomic mass is 9.97. The minimum Gasteiger partial charge on any atom is -0.493 e. The van der Waals surface area contributed by atoms with Gasteiger partial charge in [0.05, 0.1) is 17.1 Å². The number of ether oxygens (including phenoxy) is 1. The van der Waals surface area contributed by atoms with Gasteiger partial charge in [-0.05, 0) is 48.6 Å². The van der Waals surface area contributed by atoms with Crippen LogP contribution in [0.1, 0.15) is 22.3 Å². The number of primary sulfonamides is 1. The molecule has 1 amide bonds. The van der Waals surface area contributed by atoms with Crippen LogP contribution in [0, 0.1) is 11.7 Å². The van der Waals surface area contributed by atoms with Crippen molar-refractivity contribution in [2.24, 2.45) is 11.1 Å². The van der Waals surface area contributed by atoms with Gasteiger partial charge in [-0.15, -0.1) is 0 Å². The first-order valence-electron chi connectivity index (χ1n) is 8.16. The van der Waals surface area contributed by atoms with Gasteiger partial charge in [-0.3, -0.25) is 4.79 Å². The Kier molecular flexibility index (Phi) is 5.24. The molecular weight excluding hydrogens is 359 g/mol. The van der Waals surface area contributed by atoms with Crippen LogP contribution in [0.15, 0.2) is 47.4 Å². The van der Waals surface area contributed by atoms with Crippen LogP contribution in [0.4, 0.5) is 4.39 Å². The summed E-state index contributed by atoms with van der Waals surface area (Å²) in [6, 6.07) is 10.6. The molecule has 0 saturated heterocycles. The third-order valence-corrected chi connectivity index (χ3v) is 5.24. The Morgan fingerprint density at radius 3 is 2.81 bits per heavy atom. The van der Waals surface area contributed by atoms with E-state index in [1.54, 1.807) is 0 Å². The second kappa shape index (κ2) is 7.43. The molecule has 0 bridgehead atoms. The van der Waals surface area contributed by atoms with Gasteiger partial charge in [-0.25, -0.2) is 17.9 Å². The van der Waals surface area contributed by atoms with Crippen molar-refractivity contribution < 1.29 is 22.3 Å². The van der Waals surface area contributed by atoms with Crippen molar-refractivity contribution in [3.8, 4) is 5.75 Å². The van der Waals surface area contributed by atoms with Crippen LogP contribution in [0.2, 0.25) is 0 Å². The van der Waals surface area contributed by atoms with Crippen LogP contribution in [0.25, 0.3) is 0 Å². The molecule has 8 heteroatoms. The maximum atomic E-state index is 13.9. The summed E-state index contributed by atoms with van der Waals surface area (Å²) in [5, 5.41) is 7.71. The van der Waals surface area contributed by atoms with Crippen molar-refractivity contribution in [1.82, 2.24) is 5.32 Å². The molecule has 1 atom stereocenters. The van der Waals surface area contributed by atoms with E-state index in [0.29, 0.717) is 13.2 Å². The molecule has 0 unspecified atom stereocenters. The van der Waals surface area contributed by atoms with Crippen molar-refractivity contribution >= 4 is 15.9 Å². The van der Waals surface area contributed by atoms with E-state index in [4.69, 9.17) is 9.88 Å². The minimum absolute atomic E-state index is 0.132. The molecule has 0 radical (unpaired) electrons. The number of para-hydroxylation sites is 1. The fraction of sp³-hybridized carbons (Fsp3) is 0.278. The number of carbonyl (C=O) groups is 1. The zero-order valence-electron chi connectivity index (χ0n) is 13.9. The first-order valence-corrected chi connectivity index (χ1v) is 9.70. The Morgan fingerprint density at radius 2 is 2.04 bits per heavy atom. The quantitative estimate of drug-likeness (QED) is 0.848. The predicted octanol–water partition coefficient (Wildman–Crippen LogP) is 1.84. The lowest BCUT2D eigenvalue weighted by Gasteiger charge is -2.15. The highest BCUT2D eigenvalue weighted by molar-refractivity contribution is 7.89. The number of hydrogen-bond donors (Lipinski definition) is 2. The van der Waals surface area contributed by atoms with E-state index in [9.17, 15) is 17.6 Å². The van der Waals surface area contributed by atoms with Gasteiger partial charge in [-0.1, -0.05) is 18.2 Å². The van der Waals surface area contributed by atoms with Crippen LogP contribution < -0.4 is 15.2 Å². The number of benzene rings is 2. The number of hydrogen-bond acceptors (Lipinski definition) is 4. The molecule has 138 valence electrons. The third-order valence-electron chi connectivity index (χ3n) is 4.33. The van der Waals surface area contributed by atoms with E-state index in [2.05, 4.69) is 5.32 Å². The first-order chi connectivity index (χ1) is 12.3. The highest BCUT2D eigenvalue weighted by atomic mass is 32.2. The highest BCUT2D eigenvalue weighted by Gasteiger charge is 2.20. The average Bonchev–Trinajstić information content (AvgIpc) is 2.81. The lowest BCUT2D eigenvalue weighted by molar-refractivity contribution is 0.0941. The molecule has 0 aliphatic carbocycles. The molecule has 0 saturated carbocycles. The van der Waals surface area contributed by atoms with Crippen molar-refractivity contribution in [3.05, 3.63) is 59.4 Å². The summed E-state index contributed by atoms with van der Waals surface area (Å²) in [5.74, 6) is -0.504. The second-order valence-corrected chi connectivity index (χ2v) is 7.77. The monoisotopic (exact) mass is 378 g/mol. The van der Waals surface area contributed by atoms with Crippen molar-refractivity contribution in [2.75, 3.05) is 13.2 Å². The number of fused-ring (bicyclic) bond motifs is 1. The molecule has 2 aromatic rings. The molecule has 6 nitrogen and oxygen atoms in total. The zero-order chi connectivity index (χ0) is 18.7.